The van der Waals surface area contributed by atoms with E-state index < -0.39 is 0 Å². The first-order valence-corrected chi connectivity index (χ1v) is 10.1. The van der Waals surface area contributed by atoms with Gasteiger partial charge in [-0.2, -0.15) is 5.26 Å². The summed E-state index contributed by atoms with van der Waals surface area (Å²) in [5.41, 5.74) is 2.58. The Morgan fingerprint density at radius 1 is 1.00 bits per heavy atom. The first-order valence-electron chi connectivity index (χ1n) is 9.11. The molecule has 0 bridgehead atoms. The molecule has 2 rings (SSSR count). The summed E-state index contributed by atoms with van der Waals surface area (Å²) in [4.78, 5) is 26.3. The topological polar surface area (TPSA) is 86.4 Å². The Morgan fingerprint density at radius 2 is 1.57 bits per heavy atom. The lowest BCUT2D eigenvalue weighted by atomic mass is 10.1. The van der Waals surface area contributed by atoms with E-state index in [4.69, 9.17) is 5.26 Å². The molecule has 1 atom stereocenters. The maximum absolute atomic E-state index is 12.4. The summed E-state index contributed by atoms with van der Waals surface area (Å²) < 4.78 is 0. The van der Waals surface area contributed by atoms with E-state index >= 15 is 0 Å². The Kier molecular flexibility index (Phi) is 8.53. The summed E-state index contributed by atoms with van der Waals surface area (Å²) in [6, 6.07) is 17.2. The minimum atomic E-state index is -0.177. The van der Waals surface area contributed by atoms with Crippen molar-refractivity contribution in [3.63, 3.8) is 0 Å². The number of nitriles is 1. The highest BCUT2D eigenvalue weighted by atomic mass is 32.2. The van der Waals surface area contributed by atoms with Gasteiger partial charge in [0.05, 0.1) is 24.6 Å². The molecule has 0 aliphatic heterocycles. The Bertz CT molecular complexity index is 863. The van der Waals surface area contributed by atoms with Crippen LogP contribution in [0, 0.1) is 11.3 Å². The van der Waals surface area contributed by atoms with E-state index in [0.717, 1.165) is 27.5 Å². The number of nitrogens with zero attached hydrogens (tertiary/aromatic N) is 1. The average Bonchev–Trinajstić information content (AvgIpc) is 2.67. The zero-order chi connectivity index (χ0) is 20.4. The maximum Gasteiger partial charge on any atom is 0.279 e. The van der Waals surface area contributed by atoms with Gasteiger partial charge in [0, 0.05) is 10.6 Å². The molecule has 0 aromatic heterocycles. The van der Waals surface area contributed by atoms with Crippen LogP contribution in [-0.4, -0.2) is 37.7 Å². The molecule has 3 N–H and O–H groups in total. The second-order valence-corrected chi connectivity index (χ2v) is 7.38. The number of quaternary nitrogens is 1. The number of carbonyl (C=O) groups excluding carboxylic acids is 2. The number of para-hydroxylation sites is 2. The predicted molar refractivity (Wildman–Crippen MR) is 112 cm³/mol. The van der Waals surface area contributed by atoms with Crippen molar-refractivity contribution >= 4 is 35.0 Å². The van der Waals surface area contributed by atoms with E-state index in [-0.39, 0.29) is 24.9 Å². The molecular formula is C21H25N4O2S+. The fourth-order valence-electron chi connectivity index (χ4n) is 2.76. The van der Waals surface area contributed by atoms with Crippen LogP contribution in [0.1, 0.15) is 12.5 Å². The minimum absolute atomic E-state index is 0.129. The fraction of sp³-hybridized carbons (Fsp3) is 0.286. The van der Waals surface area contributed by atoms with Gasteiger partial charge in [-0.15, -0.1) is 11.8 Å². The van der Waals surface area contributed by atoms with Crippen LogP contribution in [0.3, 0.4) is 0 Å². The van der Waals surface area contributed by atoms with Crippen molar-refractivity contribution in [3.8, 4) is 6.07 Å². The van der Waals surface area contributed by atoms with E-state index in [0.29, 0.717) is 11.4 Å². The number of nitrogens with one attached hydrogen (secondary N) is 3. The molecule has 2 aromatic carbocycles. The molecule has 0 radical (unpaired) electrons. The molecule has 0 saturated heterocycles. The highest BCUT2D eigenvalue weighted by molar-refractivity contribution is 7.99. The van der Waals surface area contributed by atoms with Crippen LogP contribution < -0.4 is 15.5 Å². The van der Waals surface area contributed by atoms with Crippen LogP contribution >= 0.6 is 11.8 Å². The quantitative estimate of drug-likeness (QED) is 0.565. The van der Waals surface area contributed by atoms with Gasteiger partial charge in [-0.1, -0.05) is 37.3 Å². The largest absolute Gasteiger partial charge is 0.322 e. The summed E-state index contributed by atoms with van der Waals surface area (Å²) in [7, 11) is 1.81. The number of rotatable bonds is 9. The van der Waals surface area contributed by atoms with Gasteiger partial charge in [-0.25, -0.2) is 0 Å². The van der Waals surface area contributed by atoms with Gasteiger partial charge in [-0.05, 0) is 30.2 Å². The zero-order valence-electron chi connectivity index (χ0n) is 16.1. The lowest BCUT2D eigenvalue weighted by molar-refractivity contribution is -0.862. The summed E-state index contributed by atoms with van der Waals surface area (Å²) in [5.74, 6) is 0.0118. The van der Waals surface area contributed by atoms with Crippen LogP contribution in [0.2, 0.25) is 0 Å². The molecule has 0 heterocycles. The molecule has 1 unspecified atom stereocenters. The van der Waals surface area contributed by atoms with Gasteiger partial charge in [0.2, 0.25) is 0 Å². The third-order valence-corrected chi connectivity index (χ3v) is 4.99. The SMILES string of the molecule is CCc1ccccc1NC(=O)C[NH+](C)CC(=O)Nc1ccccc1SCC#N. The van der Waals surface area contributed by atoms with Crippen molar-refractivity contribution in [2.75, 3.05) is 36.5 Å². The highest BCUT2D eigenvalue weighted by Crippen LogP contribution is 2.26. The third-order valence-electron chi connectivity index (χ3n) is 4.05. The lowest BCUT2D eigenvalue weighted by Crippen LogP contribution is -3.11. The standard InChI is InChI=1S/C21H24N4O2S/c1-3-16-8-4-5-9-17(16)23-20(26)14-25(2)15-21(27)24-18-10-6-7-11-19(18)28-13-12-22/h4-11H,3,13-15H2,1-2H3,(H,23,26)(H,24,27)/p+1. The van der Waals surface area contributed by atoms with Gasteiger partial charge in [0.25, 0.3) is 11.8 Å². The molecular weight excluding hydrogens is 372 g/mol. The second kappa shape index (κ2) is 11.1. The number of thioether (sulfide) groups is 1. The smallest absolute Gasteiger partial charge is 0.279 e. The van der Waals surface area contributed by atoms with E-state index in [9.17, 15) is 9.59 Å². The number of carbonyl (C=O) groups is 2. The van der Waals surface area contributed by atoms with Gasteiger partial charge in [0.1, 0.15) is 0 Å². The molecule has 0 spiro atoms. The number of likely N-dealkylation sites (N-methyl/N-ethyl adjacent to an activating group) is 1. The van der Waals surface area contributed by atoms with Crippen LogP contribution in [-0.2, 0) is 16.0 Å². The number of anilines is 2. The first kappa shape index (κ1) is 21.5. The van der Waals surface area contributed by atoms with Gasteiger partial charge in [0.15, 0.2) is 13.1 Å². The summed E-state index contributed by atoms with van der Waals surface area (Å²) in [5, 5.41) is 14.5. The molecule has 146 valence electrons. The first-order chi connectivity index (χ1) is 13.5. The summed E-state index contributed by atoms with van der Waals surface area (Å²) in [6.45, 7) is 2.40. The molecule has 2 aromatic rings. The third kappa shape index (κ3) is 6.72. The molecule has 7 heteroatoms. The Labute approximate surface area is 169 Å². The van der Waals surface area contributed by atoms with E-state index in [1.54, 1.807) is 13.1 Å². The molecule has 2 amide bonds. The minimum Gasteiger partial charge on any atom is -0.322 e. The van der Waals surface area contributed by atoms with Crippen molar-refractivity contribution in [3.05, 3.63) is 54.1 Å². The summed E-state index contributed by atoms with van der Waals surface area (Å²) in [6.07, 6.45) is 0.838. The monoisotopic (exact) mass is 397 g/mol. The maximum atomic E-state index is 12.4. The van der Waals surface area contributed by atoms with Crippen molar-refractivity contribution < 1.29 is 14.5 Å². The molecule has 28 heavy (non-hydrogen) atoms. The van der Waals surface area contributed by atoms with Gasteiger partial charge in [-0.3, -0.25) is 9.59 Å². The normalized spacial score (nSPS) is 11.3. The number of amides is 2. The number of hydrogen-bond donors (Lipinski definition) is 3. The molecule has 0 fully saturated rings. The highest BCUT2D eigenvalue weighted by Gasteiger charge is 2.16. The summed E-state index contributed by atoms with van der Waals surface area (Å²) >= 11 is 1.38. The van der Waals surface area contributed by atoms with Crippen LogP contribution in [0.15, 0.2) is 53.4 Å². The van der Waals surface area contributed by atoms with Crippen molar-refractivity contribution in [1.29, 1.82) is 5.26 Å². The van der Waals surface area contributed by atoms with E-state index in [1.807, 2.05) is 49.4 Å². The van der Waals surface area contributed by atoms with Crippen molar-refractivity contribution in [1.82, 2.24) is 0 Å². The lowest BCUT2D eigenvalue weighted by Gasteiger charge is -2.15. The molecule has 0 saturated carbocycles. The van der Waals surface area contributed by atoms with Crippen LogP contribution in [0.25, 0.3) is 0 Å². The van der Waals surface area contributed by atoms with Crippen LogP contribution in [0.4, 0.5) is 11.4 Å². The van der Waals surface area contributed by atoms with Crippen LogP contribution in [0.5, 0.6) is 0 Å². The Balaban J connectivity index is 1.87. The zero-order valence-corrected chi connectivity index (χ0v) is 16.9. The van der Waals surface area contributed by atoms with E-state index in [1.165, 1.54) is 11.8 Å². The van der Waals surface area contributed by atoms with Gasteiger partial charge < -0.3 is 15.5 Å². The number of benzene rings is 2. The van der Waals surface area contributed by atoms with Crippen molar-refractivity contribution in [2.45, 2.75) is 18.2 Å². The Morgan fingerprint density at radius 3 is 2.21 bits per heavy atom. The fourth-order valence-corrected chi connectivity index (χ4v) is 3.43. The van der Waals surface area contributed by atoms with Gasteiger partial charge >= 0.3 is 0 Å². The number of hydrogen-bond acceptors (Lipinski definition) is 4. The van der Waals surface area contributed by atoms with E-state index in [2.05, 4.69) is 16.7 Å². The predicted octanol–water partition coefficient (Wildman–Crippen LogP) is 1.96. The Hall–Kier alpha value is -2.82. The molecule has 6 nitrogen and oxygen atoms in total. The average molecular weight is 398 g/mol. The number of aryl methyl sites for hydroxylation is 1. The molecule has 0 aliphatic rings. The van der Waals surface area contributed by atoms with Crippen molar-refractivity contribution in [2.24, 2.45) is 0 Å². The second-order valence-electron chi connectivity index (χ2n) is 6.36. The molecule has 0 aliphatic carbocycles.